The van der Waals surface area contributed by atoms with Crippen molar-refractivity contribution >= 4 is 23.5 Å². The minimum Gasteiger partial charge on any atom is -0.392 e. The molecule has 0 spiro atoms. The highest BCUT2D eigenvalue weighted by Gasteiger charge is 2.68. The van der Waals surface area contributed by atoms with E-state index in [1.807, 2.05) is 12.2 Å². The van der Waals surface area contributed by atoms with E-state index >= 15 is 0 Å². The SMILES string of the molecule is O=C1OC(=O)[C@@]2(Cl)[C@H]1[C@@H]1C=C[C@H]2C1. The summed E-state index contributed by atoms with van der Waals surface area (Å²) >= 11 is 6.16. The Morgan fingerprint density at radius 3 is 2.92 bits per heavy atom. The number of alkyl halides is 1. The van der Waals surface area contributed by atoms with Crippen LogP contribution in [0.15, 0.2) is 12.2 Å². The van der Waals surface area contributed by atoms with E-state index in [4.69, 9.17) is 11.6 Å². The summed E-state index contributed by atoms with van der Waals surface area (Å²) in [6, 6.07) is 0. The van der Waals surface area contributed by atoms with Crippen LogP contribution in [-0.2, 0) is 14.3 Å². The van der Waals surface area contributed by atoms with E-state index in [1.165, 1.54) is 0 Å². The number of allylic oxidation sites excluding steroid dienone is 2. The molecule has 2 bridgehead atoms. The van der Waals surface area contributed by atoms with Crippen LogP contribution >= 0.6 is 11.6 Å². The van der Waals surface area contributed by atoms with Crippen molar-refractivity contribution < 1.29 is 14.3 Å². The zero-order valence-corrected chi connectivity index (χ0v) is 7.45. The lowest BCUT2D eigenvalue weighted by atomic mass is 9.84. The van der Waals surface area contributed by atoms with Gasteiger partial charge in [0.2, 0.25) is 0 Å². The first-order valence-corrected chi connectivity index (χ1v) is 4.65. The Hall–Kier alpha value is -0.830. The van der Waals surface area contributed by atoms with E-state index in [0.717, 1.165) is 6.42 Å². The van der Waals surface area contributed by atoms with Gasteiger partial charge in [-0.05, 0) is 12.3 Å². The Morgan fingerprint density at radius 1 is 1.46 bits per heavy atom. The van der Waals surface area contributed by atoms with Crippen molar-refractivity contribution in [2.24, 2.45) is 17.8 Å². The highest BCUT2D eigenvalue weighted by atomic mass is 35.5. The predicted molar refractivity (Wildman–Crippen MR) is 43.9 cm³/mol. The van der Waals surface area contributed by atoms with Gasteiger partial charge in [0.1, 0.15) is 0 Å². The Balaban J connectivity index is 2.17. The first kappa shape index (κ1) is 7.56. The van der Waals surface area contributed by atoms with Crippen LogP contribution in [0.1, 0.15) is 6.42 Å². The van der Waals surface area contributed by atoms with Gasteiger partial charge in [0, 0.05) is 5.92 Å². The monoisotopic (exact) mass is 198 g/mol. The predicted octanol–water partition coefficient (Wildman–Crippen LogP) is 0.869. The normalized spacial score (nSPS) is 51.3. The van der Waals surface area contributed by atoms with Gasteiger partial charge in [-0.2, -0.15) is 0 Å². The number of carbonyl (C=O) groups is 2. The second kappa shape index (κ2) is 1.98. The van der Waals surface area contributed by atoms with Crippen molar-refractivity contribution in [3.05, 3.63) is 12.2 Å². The van der Waals surface area contributed by atoms with E-state index in [9.17, 15) is 9.59 Å². The first-order valence-electron chi connectivity index (χ1n) is 4.27. The molecule has 3 aliphatic rings. The van der Waals surface area contributed by atoms with Gasteiger partial charge < -0.3 is 4.74 Å². The van der Waals surface area contributed by atoms with E-state index in [1.54, 1.807) is 0 Å². The number of carbonyl (C=O) groups excluding carboxylic acids is 2. The van der Waals surface area contributed by atoms with Crippen LogP contribution in [0, 0.1) is 17.8 Å². The molecule has 0 aromatic heterocycles. The van der Waals surface area contributed by atoms with Crippen molar-refractivity contribution in [1.29, 1.82) is 0 Å². The van der Waals surface area contributed by atoms with Crippen LogP contribution in [0.4, 0.5) is 0 Å². The molecule has 3 nitrogen and oxygen atoms in total. The summed E-state index contributed by atoms with van der Waals surface area (Å²) in [6.07, 6.45) is 4.71. The molecule has 1 saturated heterocycles. The van der Waals surface area contributed by atoms with Gasteiger partial charge in [0.25, 0.3) is 0 Å². The zero-order chi connectivity index (χ0) is 9.22. The third-order valence-electron chi connectivity index (χ3n) is 3.30. The molecule has 1 aliphatic heterocycles. The number of cyclic esters (lactones) is 2. The molecular weight excluding hydrogens is 192 g/mol. The number of ether oxygens (including phenoxy) is 1. The largest absolute Gasteiger partial charge is 0.392 e. The Labute approximate surface area is 79.7 Å². The number of hydrogen-bond acceptors (Lipinski definition) is 3. The number of hydrogen-bond donors (Lipinski definition) is 0. The number of fused-ring (bicyclic) bond motifs is 5. The van der Waals surface area contributed by atoms with Crippen LogP contribution in [0.5, 0.6) is 0 Å². The van der Waals surface area contributed by atoms with Gasteiger partial charge in [-0.1, -0.05) is 12.2 Å². The van der Waals surface area contributed by atoms with Crippen molar-refractivity contribution in [2.45, 2.75) is 11.3 Å². The van der Waals surface area contributed by atoms with Gasteiger partial charge in [-0.15, -0.1) is 11.6 Å². The molecule has 0 aromatic rings. The minimum absolute atomic E-state index is 0.0110. The maximum atomic E-state index is 11.4. The Kier molecular flexibility index (Phi) is 1.15. The van der Waals surface area contributed by atoms with Crippen LogP contribution in [-0.4, -0.2) is 16.8 Å². The summed E-state index contributed by atoms with van der Waals surface area (Å²) in [6.45, 7) is 0. The van der Waals surface area contributed by atoms with Crippen molar-refractivity contribution in [3.63, 3.8) is 0 Å². The van der Waals surface area contributed by atoms with Crippen LogP contribution in [0.25, 0.3) is 0 Å². The number of halogens is 1. The molecule has 68 valence electrons. The van der Waals surface area contributed by atoms with Crippen LogP contribution in [0.3, 0.4) is 0 Å². The molecule has 13 heavy (non-hydrogen) atoms. The fraction of sp³-hybridized carbons (Fsp3) is 0.556. The van der Waals surface area contributed by atoms with Gasteiger partial charge in [-0.3, -0.25) is 4.79 Å². The van der Waals surface area contributed by atoms with Gasteiger partial charge in [0.05, 0.1) is 5.92 Å². The smallest absolute Gasteiger partial charge is 0.336 e. The lowest BCUT2D eigenvalue weighted by Crippen LogP contribution is -2.39. The molecule has 4 atom stereocenters. The molecule has 4 heteroatoms. The standard InChI is InChI=1S/C9H7ClO3/c10-9-5-2-1-4(3-5)6(9)7(11)13-8(9)12/h1-2,4-6H,3H2/t4-,5+,6+,9+/m1/s1. The molecule has 0 radical (unpaired) electrons. The quantitative estimate of drug-likeness (QED) is 0.251. The summed E-state index contributed by atoms with van der Waals surface area (Å²) in [4.78, 5) is 21.6. The summed E-state index contributed by atoms with van der Waals surface area (Å²) in [5.74, 6) is -1.33. The summed E-state index contributed by atoms with van der Waals surface area (Å²) in [7, 11) is 0. The fourth-order valence-corrected chi connectivity index (χ4v) is 3.14. The Bertz CT molecular complexity index is 349. The second-order valence-corrected chi connectivity index (χ2v) is 4.47. The Morgan fingerprint density at radius 2 is 2.23 bits per heavy atom. The fourth-order valence-electron chi connectivity index (χ4n) is 2.69. The highest BCUT2D eigenvalue weighted by molar-refractivity contribution is 6.38. The summed E-state index contributed by atoms with van der Waals surface area (Å²) in [5, 5.41) is 0. The third kappa shape index (κ3) is 0.645. The number of rotatable bonds is 0. The molecule has 1 heterocycles. The molecule has 0 amide bonds. The van der Waals surface area contributed by atoms with Gasteiger partial charge >= 0.3 is 11.9 Å². The highest BCUT2D eigenvalue weighted by Crippen LogP contribution is 2.57. The maximum absolute atomic E-state index is 11.4. The van der Waals surface area contributed by atoms with Crippen LogP contribution in [0.2, 0.25) is 0 Å². The average molecular weight is 199 g/mol. The maximum Gasteiger partial charge on any atom is 0.336 e. The van der Waals surface area contributed by atoms with Gasteiger partial charge in [-0.25, -0.2) is 4.79 Å². The second-order valence-electron chi connectivity index (χ2n) is 3.85. The molecule has 2 aliphatic carbocycles. The number of esters is 2. The molecule has 2 fully saturated rings. The van der Waals surface area contributed by atoms with E-state index in [2.05, 4.69) is 4.74 Å². The first-order chi connectivity index (χ1) is 6.14. The van der Waals surface area contributed by atoms with Crippen molar-refractivity contribution in [2.75, 3.05) is 0 Å². The zero-order valence-electron chi connectivity index (χ0n) is 6.70. The van der Waals surface area contributed by atoms with Gasteiger partial charge in [0.15, 0.2) is 4.87 Å². The molecule has 0 unspecified atom stereocenters. The molecule has 3 rings (SSSR count). The lowest BCUT2D eigenvalue weighted by Gasteiger charge is -2.22. The third-order valence-corrected chi connectivity index (χ3v) is 3.97. The lowest BCUT2D eigenvalue weighted by molar-refractivity contribution is -0.154. The summed E-state index contributed by atoms with van der Waals surface area (Å²) in [5.41, 5.74) is 0. The summed E-state index contributed by atoms with van der Waals surface area (Å²) < 4.78 is 4.56. The molecule has 1 saturated carbocycles. The van der Waals surface area contributed by atoms with E-state index in [0.29, 0.717) is 0 Å². The molecule has 0 aromatic carbocycles. The van der Waals surface area contributed by atoms with E-state index in [-0.39, 0.29) is 11.8 Å². The minimum atomic E-state index is -1.07. The van der Waals surface area contributed by atoms with Crippen molar-refractivity contribution in [1.82, 2.24) is 0 Å². The van der Waals surface area contributed by atoms with Crippen LogP contribution < -0.4 is 0 Å². The molecular formula is C9H7ClO3. The molecule has 0 N–H and O–H groups in total. The van der Waals surface area contributed by atoms with Crippen molar-refractivity contribution in [3.8, 4) is 0 Å². The topological polar surface area (TPSA) is 43.4 Å². The average Bonchev–Trinajstić information content (AvgIpc) is 2.66. The van der Waals surface area contributed by atoms with E-state index < -0.39 is 22.7 Å².